The van der Waals surface area contributed by atoms with Crippen molar-refractivity contribution >= 4 is 0 Å². The summed E-state index contributed by atoms with van der Waals surface area (Å²) in [6.07, 6.45) is 12.5. The summed E-state index contributed by atoms with van der Waals surface area (Å²) < 4.78 is 10.6. The zero-order valence-corrected chi connectivity index (χ0v) is 12.1. The quantitative estimate of drug-likeness (QED) is 0.575. The van der Waals surface area contributed by atoms with Crippen molar-refractivity contribution in [3.8, 4) is 0 Å². The van der Waals surface area contributed by atoms with Crippen LogP contribution in [0.4, 0.5) is 0 Å². The van der Waals surface area contributed by atoms with Gasteiger partial charge in [-0.1, -0.05) is 51.9 Å². The van der Waals surface area contributed by atoms with Gasteiger partial charge in [-0.2, -0.15) is 0 Å². The standard InChI is InChI=1S/C15H31NO2/c1-2-3-4-5-6-7-8-9-11-16-13-15-10-12-17-14-18-15/h15-16H,2-14H2,1H3. The third kappa shape index (κ3) is 8.90. The molecule has 1 saturated heterocycles. The lowest BCUT2D eigenvalue weighted by molar-refractivity contribution is -0.137. The van der Waals surface area contributed by atoms with Crippen molar-refractivity contribution in [3.63, 3.8) is 0 Å². The van der Waals surface area contributed by atoms with Crippen molar-refractivity contribution < 1.29 is 9.47 Å². The van der Waals surface area contributed by atoms with Crippen LogP contribution in [0.25, 0.3) is 0 Å². The van der Waals surface area contributed by atoms with Gasteiger partial charge in [-0.15, -0.1) is 0 Å². The second-order valence-corrected chi connectivity index (χ2v) is 5.28. The molecule has 108 valence electrons. The van der Waals surface area contributed by atoms with Gasteiger partial charge in [0.05, 0.1) is 12.7 Å². The summed E-state index contributed by atoms with van der Waals surface area (Å²) in [5.74, 6) is 0. The number of nitrogens with one attached hydrogen (secondary N) is 1. The molecule has 1 fully saturated rings. The molecule has 1 aliphatic rings. The minimum Gasteiger partial charge on any atom is -0.355 e. The van der Waals surface area contributed by atoms with Crippen molar-refractivity contribution in [1.29, 1.82) is 0 Å². The molecule has 0 amide bonds. The lowest BCUT2D eigenvalue weighted by Crippen LogP contribution is -2.34. The number of hydrogen-bond donors (Lipinski definition) is 1. The van der Waals surface area contributed by atoms with E-state index in [0.717, 1.165) is 26.1 Å². The van der Waals surface area contributed by atoms with E-state index in [2.05, 4.69) is 12.2 Å². The zero-order chi connectivity index (χ0) is 12.9. The van der Waals surface area contributed by atoms with Crippen LogP contribution in [0.1, 0.15) is 64.7 Å². The Bertz CT molecular complexity index is 170. The molecular formula is C15H31NO2. The van der Waals surface area contributed by atoms with Crippen LogP contribution in [0.2, 0.25) is 0 Å². The zero-order valence-electron chi connectivity index (χ0n) is 12.1. The second-order valence-electron chi connectivity index (χ2n) is 5.28. The van der Waals surface area contributed by atoms with Crippen LogP contribution in [0.3, 0.4) is 0 Å². The van der Waals surface area contributed by atoms with Crippen molar-refractivity contribution in [3.05, 3.63) is 0 Å². The first-order valence-electron chi connectivity index (χ1n) is 7.83. The molecule has 1 aliphatic heterocycles. The van der Waals surface area contributed by atoms with E-state index in [4.69, 9.17) is 9.47 Å². The molecule has 0 radical (unpaired) electrons. The number of unbranched alkanes of at least 4 members (excludes halogenated alkanes) is 7. The van der Waals surface area contributed by atoms with E-state index in [1.54, 1.807) is 0 Å². The average Bonchev–Trinajstić information content (AvgIpc) is 2.42. The van der Waals surface area contributed by atoms with E-state index < -0.39 is 0 Å². The summed E-state index contributed by atoms with van der Waals surface area (Å²) in [5, 5.41) is 3.49. The highest BCUT2D eigenvalue weighted by Crippen LogP contribution is 2.08. The van der Waals surface area contributed by atoms with Gasteiger partial charge in [-0.3, -0.25) is 0 Å². The molecule has 1 rings (SSSR count). The SMILES string of the molecule is CCCCCCCCCCNCC1CCOCO1. The Hall–Kier alpha value is -0.120. The Morgan fingerprint density at radius 1 is 1.00 bits per heavy atom. The predicted octanol–water partition coefficient (Wildman–Crippen LogP) is 3.48. The van der Waals surface area contributed by atoms with E-state index in [-0.39, 0.29) is 0 Å². The maximum atomic E-state index is 5.48. The van der Waals surface area contributed by atoms with Gasteiger partial charge < -0.3 is 14.8 Å². The van der Waals surface area contributed by atoms with Gasteiger partial charge in [0.1, 0.15) is 6.79 Å². The molecule has 18 heavy (non-hydrogen) atoms. The highest BCUT2D eigenvalue weighted by molar-refractivity contribution is 4.63. The van der Waals surface area contributed by atoms with Gasteiger partial charge in [-0.05, 0) is 19.4 Å². The van der Waals surface area contributed by atoms with Gasteiger partial charge in [0.15, 0.2) is 0 Å². The molecule has 0 spiro atoms. The van der Waals surface area contributed by atoms with Gasteiger partial charge in [0, 0.05) is 6.54 Å². The Morgan fingerprint density at radius 3 is 2.39 bits per heavy atom. The molecule has 1 atom stereocenters. The summed E-state index contributed by atoms with van der Waals surface area (Å²) in [6, 6.07) is 0. The first-order valence-corrected chi connectivity index (χ1v) is 7.83. The van der Waals surface area contributed by atoms with Crippen LogP contribution >= 0.6 is 0 Å². The Morgan fingerprint density at radius 2 is 1.72 bits per heavy atom. The first kappa shape index (κ1) is 15.9. The van der Waals surface area contributed by atoms with Crippen molar-refractivity contribution in [2.45, 2.75) is 70.8 Å². The molecule has 3 heteroatoms. The van der Waals surface area contributed by atoms with Crippen LogP contribution in [-0.4, -0.2) is 32.6 Å². The Kier molecular flexibility index (Phi) is 10.6. The summed E-state index contributed by atoms with van der Waals surface area (Å²) in [5.41, 5.74) is 0. The van der Waals surface area contributed by atoms with Gasteiger partial charge in [0.25, 0.3) is 0 Å². The van der Waals surface area contributed by atoms with Gasteiger partial charge in [-0.25, -0.2) is 0 Å². The molecule has 0 saturated carbocycles. The van der Waals surface area contributed by atoms with Crippen molar-refractivity contribution in [2.75, 3.05) is 26.5 Å². The highest BCUT2D eigenvalue weighted by atomic mass is 16.7. The van der Waals surface area contributed by atoms with Crippen molar-refractivity contribution in [2.24, 2.45) is 0 Å². The van der Waals surface area contributed by atoms with E-state index >= 15 is 0 Å². The third-order valence-electron chi connectivity index (χ3n) is 3.55. The van der Waals surface area contributed by atoms with Crippen LogP contribution < -0.4 is 5.32 Å². The van der Waals surface area contributed by atoms with Crippen LogP contribution in [0, 0.1) is 0 Å². The van der Waals surface area contributed by atoms with E-state index in [9.17, 15) is 0 Å². The molecule has 0 aliphatic carbocycles. The monoisotopic (exact) mass is 257 g/mol. The van der Waals surface area contributed by atoms with Gasteiger partial charge >= 0.3 is 0 Å². The highest BCUT2D eigenvalue weighted by Gasteiger charge is 2.12. The lowest BCUT2D eigenvalue weighted by atomic mass is 10.1. The minimum absolute atomic E-state index is 0.368. The summed E-state index contributed by atoms with van der Waals surface area (Å²) >= 11 is 0. The maximum Gasteiger partial charge on any atom is 0.147 e. The average molecular weight is 257 g/mol. The maximum absolute atomic E-state index is 5.48. The predicted molar refractivity (Wildman–Crippen MR) is 75.8 cm³/mol. The topological polar surface area (TPSA) is 30.5 Å². The Balaban J connectivity index is 1.73. The molecule has 3 nitrogen and oxygen atoms in total. The molecule has 0 aromatic rings. The fraction of sp³-hybridized carbons (Fsp3) is 1.00. The summed E-state index contributed by atoms with van der Waals surface area (Å²) in [6.45, 7) is 5.72. The first-order chi connectivity index (χ1) is 8.93. The number of rotatable bonds is 11. The van der Waals surface area contributed by atoms with E-state index in [1.807, 2.05) is 0 Å². The van der Waals surface area contributed by atoms with E-state index in [0.29, 0.717) is 12.9 Å². The molecule has 1 unspecified atom stereocenters. The molecule has 1 heterocycles. The fourth-order valence-corrected chi connectivity index (χ4v) is 2.31. The Labute approximate surface area is 113 Å². The van der Waals surface area contributed by atoms with Crippen LogP contribution in [-0.2, 0) is 9.47 Å². The smallest absolute Gasteiger partial charge is 0.147 e. The third-order valence-corrected chi connectivity index (χ3v) is 3.55. The molecule has 0 aromatic carbocycles. The second kappa shape index (κ2) is 11.9. The fourth-order valence-electron chi connectivity index (χ4n) is 2.31. The van der Waals surface area contributed by atoms with Crippen molar-refractivity contribution in [1.82, 2.24) is 5.32 Å². The number of ether oxygens (including phenoxy) is 2. The van der Waals surface area contributed by atoms with Crippen LogP contribution in [0.15, 0.2) is 0 Å². The van der Waals surface area contributed by atoms with Gasteiger partial charge in [0.2, 0.25) is 0 Å². The molecule has 0 bridgehead atoms. The largest absolute Gasteiger partial charge is 0.355 e. The summed E-state index contributed by atoms with van der Waals surface area (Å²) in [4.78, 5) is 0. The normalized spacial score (nSPS) is 20.2. The molecule has 1 N–H and O–H groups in total. The lowest BCUT2D eigenvalue weighted by Gasteiger charge is -2.22. The number of hydrogen-bond acceptors (Lipinski definition) is 3. The molecular weight excluding hydrogens is 226 g/mol. The minimum atomic E-state index is 0.368. The van der Waals surface area contributed by atoms with E-state index in [1.165, 1.54) is 51.4 Å². The summed E-state index contributed by atoms with van der Waals surface area (Å²) in [7, 11) is 0. The van der Waals surface area contributed by atoms with Crippen LogP contribution in [0.5, 0.6) is 0 Å². The molecule has 0 aromatic heterocycles.